The highest BCUT2D eigenvalue weighted by atomic mass is 16.3. The molecule has 2 aromatic heterocycles. The number of nitrogens with zero attached hydrogens (tertiary/aromatic N) is 1. The van der Waals surface area contributed by atoms with Gasteiger partial charge in [-0.25, -0.2) is 4.98 Å². The molecular weight excluding hydrogens is 192 g/mol. The Morgan fingerprint density at radius 2 is 2.20 bits per heavy atom. The molecule has 2 N–H and O–H groups in total. The van der Waals surface area contributed by atoms with Crippen LogP contribution in [0.4, 0.5) is 0 Å². The van der Waals surface area contributed by atoms with Crippen molar-refractivity contribution in [3.63, 3.8) is 0 Å². The number of nitrogens with one attached hydrogen (secondary N) is 1. The molecule has 2 aromatic rings. The molecule has 0 saturated heterocycles. The van der Waals surface area contributed by atoms with Gasteiger partial charge in [-0.05, 0) is 26.0 Å². The maximum absolute atomic E-state index is 8.81. The molecule has 0 aliphatic rings. The van der Waals surface area contributed by atoms with E-state index in [-0.39, 0.29) is 6.61 Å². The van der Waals surface area contributed by atoms with E-state index in [2.05, 4.69) is 9.97 Å². The van der Waals surface area contributed by atoms with E-state index in [9.17, 15) is 0 Å². The van der Waals surface area contributed by atoms with Crippen LogP contribution in [0.2, 0.25) is 0 Å². The number of furan rings is 1. The number of hydrogen-bond donors (Lipinski definition) is 2. The van der Waals surface area contributed by atoms with Crippen LogP contribution < -0.4 is 0 Å². The van der Waals surface area contributed by atoms with Crippen molar-refractivity contribution in [3.05, 3.63) is 29.4 Å². The third kappa shape index (κ3) is 1.94. The molecule has 0 bridgehead atoms. The lowest BCUT2D eigenvalue weighted by atomic mass is 10.3. The van der Waals surface area contributed by atoms with Crippen molar-refractivity contribution in [1.29, 1.82) is 0 Å². The van der Waals surface area contributed by atoms with Crippen LogP contribution in [-0.4, -0.2) is 21.7 Å². The molecule has 0 saturated carbocycles. The van der Waals surface area contributed by atoms with Gasteiger partial charge in [0.2, 0.25) is 0 Å². The monoisotopic (exact) mass is 206 g/mol. The van der Waals surface area contributed by atoms with E-state index < -0.39 is 0 Å². The van der Waals surface area contributed by atoms with Gasteiger partial charge in [-0.1, -0.05) is 0 Å². The van der Waals surface area contributed by atoms with Crippen molar-refractivity contribution >= 4 is 0 Å². The van der Waals surface area contributed by atoms with Crippen LogP contribution in [0.15, 0.2) is 16.5 Å². The van der Waals surface area contributed by atoms with Crippen molar-refractivity contribution in [2.24, 2.45) is 0 Å². The third-order valence-electron chi connectivity index (χ3n) is 2.26. The largest absolute Gasteiger partial charge is 0.460 e. The number of aryl methyl sites for hydroxylation is 2. The summed E-state index contributed by atoms with van der Waals surface area (Å²) in [4.78, 5) is 7.50. The van der Waals surface area contributed by atoms with Crippen LogP contribution in [0.25, 0.3) is 11.5 Å². The number of imidazole rings is 1. The van der Waals surface area contributed by atoms with E-state index in [1.807, 2.05) is 26.0 Å². The maximum Gasteiger partial charge on any atom is 0.154 e. The second-order valence-corrected chi connectivity index (χ2v) is 3.54. The van der Waals surface area contributed by atoms with Crippen LogP contribution in [0, 0.1) is 13.8 Å². The molecule has 0 atom stereocenters. The summed E-state index contributed by atoms with van der Waals surface area (Å²) in [5.74, 6) is 2.43. The average molecular weight is 206 g/mol. The van der Waals surface area contributed by atoms with E-state index in [0.29, 0.717) is 6.42 Å². The standard InChI is InChI=1S/C11H14N2O2/c1-7-3-4-9(15-7)11-8(2)12-10(13-11)5-6-14/h3-4,14H,5-6H2,1-2H3,(H,12,13). The van der Waals surface area contributed by atoms with Crippen molar-refractivity contribution in [2.45, 2.75) is 20.3 Å². The maximum atomic E-state index is 8.81. The Bertz CT molecular complexity index is 457. The van der Waals surface area contributed by atoms with Gasteiger partial charge in [0.25, 0.3) is 0 Å². The molecule has 2 rings (SSSR count). The van der Waals surface area contributed by atoms with Gasteiger partial charge in [-0.15, -0.1) is 0 Å². The van der Waals surface area contributed by atoms with Gasteiger partial charge in [0.15, 0.2) is 5.76 Å². The van der Waals surface area contributed by atoms with Crippen molar-refractivity contribution in [1.82, 2.24) is 9.97 Å². The van der Waals surface area contributed by atoms with Crippen LogP contribution in [0.5, 0.6) is 0 Å². The zero-order valence-corrected chi connectivity index (χ0v) is 8.87. The topological polar surface area (TPSA) is 62.1 Å². The van der Waals surface area contributed by atoms with Gasteiger partial charge in [0.05, 0.1) is 6.61 Å². The fraction of sp³-hybridized carbons (Fsp3) is 0.364. The minimum absolute atomic E-state index is 0.101. The SMILES string of the molecule is Cc1ccc(-c2nc(CCO)[nH]c2C)o1. The fourth-order valence-corrected chi connectivity index (χ4v) is 1.55. The smallest absolute Gasteiger partial charge is 0.154 e. The van der Waals surface area contributed by atoms with E-state index in [1.165, 1.54) is 0 Å². The Morgan fingerprint density at radius 1 is 1.40 bits per heavy atom. The van der Waals surface area contributed by atoms with Crippen LogP contribution in [0.3, 0.4) is 0 Å². The Labute approximate surface area is 88.0 Å². The predicted octanol–water partition coefficient (Wildman–Crippen LogP) is 1.82. The van der Waals surface area contributed by atoms with Crippen molar-refractivity contribution in [2.75, 3.05) is 6.61 Å². The fourth-order valence-electron chi connectivity index (χ4n) is 1.55. The second-order valence-electron chi connectivity index (χ2n) is 3.54. The molecule has 0 spiro atoms. The first-order chi connectivity index (χ1) is 7.20. The summed E-state index contributed by atoms with van der Waals surface area (Å²) in [7, 11) is 0. The zero-order valence-electron chi connectivity index (χ0n) is 8.87. The number of H-pyrrole nitrogens is 1. The van der Waals surface area contributed by atoms with Gasteiger partial charge >= 0.3 is 0 Å². The molecule has 80 valence electrons. The number of hydrogen-bond acceptors (Lipinski definition) is 3. The molecule has 2 heterocycles. The lowest BCUT2D eigenvalue weighted by molar-refractivity contribution is 0.297. The number of rotatable bonds is 3. The summed E-state index contributed by atoms with van der Waals surface area (Å²) in [6.45, 7) is 3.95. The van der Waals surface area contributed by atoms with E-state index in [0.717, 1.165) is 28.7 Å². The molecule has 0 radical (unpaired) electrons. The number of aromatic amines is 1. The first-order valence-corrected chi connectivity index (χ1v) is 4.94. The van der Waals surface area contributed by atoms with Crippen LogP contribution in [0.1, 0.15) is 17.3 Å². The molecule has 0 amide bonds. The highest BCUT2D eigenvalue weighted by Crippen LogP contribution is 2.23. The summed E-state index contributed by atoms with van der Waals surface area (Å²) >= 11 is 0. The van der Waals surface area contributed by atoms with E-state index in [4.69, 9.17) is 9.52 Å². The molecule has 15 heavy (non-hydrogen) atoms. The quantitative estimate of drug-likeness (QED) is 0.805. The summed E-state index contributed by atoms with van der Waals surface area (Å²) < 4.78 is 5.50. The molecule has 0 unspecified atom stereocenters. The Hall–Kier alpha value is -1.55. The lowest BCUT2D eigenvalue weighted by Gasteiger charge is -1.91. The van der Waals surface area contributed by atoms with Crippen LogP contribution in [-0.2, 0) is 6.42 Å². The first-order valence-electron chi connectivity index (χ1n) is 4.94. The minimum atomic E-state index is 0.101. The molecule has 4 heteroatoms. The molecular formula is C11H14N2O2. The summed E-state index contributed by atoms with van der Waals surface area (Å²) in [5.41, 5.74) is 1.79. The number of aliphatic hydroxyl groups excluding tert-OH is 1. The van der Waals surface area contributed by atoms with E-state index in [1.54, 1.807) is 0 Å². The highest BCUT2D eigenvalue weighted by Gasteiger charge is 2.11. The van der Waals surface area contributed by atoms with Gasteiger partial charge in [-0.2, -0.15) is 0 Å². The Kier molecular flexibility index (Phi) is 2.60. The molecule has 0 aromatic carbocycles. The highest BCUT2D eigenvalue weighted by molar-refractivity contribution is 5.55. The molecule has 0 fully saturated rings. The first kappa shape index (κ1) is 9.98. The predicted molar refractivity (Wildman–Crippen MR) is 56.6 cm³/mol. The minimum Gasteiger partial charge on any atom is -0.460 e. The Balaban J connectivity index is 2.35. The van der Waals surface area contributed by atoms with Gasteiger partial charge < -0.3 is 14.5 Å². The van der Waals surface area contributed by atoms with Gasteiger partial charge in [-0.3, -0.25) is 0 Å². The second kappa shape index (κ2) is 3.90. The molecule has 4 nitrogen and oxygen atoms in total. The van der Waals surface area contributed by atoms with Crippen LogP contribution >= 0.6 is 0 Å². The van der Waals surface area contributed by atoms with Gasteiger partial charge in [0.1, 0.15) is 17.3 Å². The average Bonchev–Trinajstić information content (AvgIpc) is 2.73. The van der Waals surface area contributed by atoms with Crippen molar-refractivity contribution < 1.29 is 9.52 Å². The normalized spacial score (nSPS) is 10.9. The zero-order chi connectivity index (χ0) is 10.8. The van der Waals surface area contributed by atoms with Crippen molar-refractivity contribution in [3.8, 4) is 11.5 Å². The lowest BCUT2D eigenvalue weighted by Crippen LogP contribution is -1.92. The number of aliphatic hydroxyl groups is 1. The third-order valence-corrected chi connectivity index (χ3v) is 2.26. The number of aromatic nitrogens is 2. The summed E-state index contributed by atoms with van der Waals surface area (Å²) in [6, 6.07) is 3.82. The van der Waals surface area contributed by atoms with E-state index >= 15 is 0 Å². The summed E-state index contributed by atoms with van der Waals surface area (Å²) in [5, 5.41) is 8.81. The summed E-state index contributed by atoms with van der Waals surface area (Å²) in [6.07, 6.45) is 0.542. The van der Waals surface area contributed by atoms with Gasteiger partial charge in [0, 0.05) is 12.1 Å². The molecule has 0 aliphatic heterocycles. The Morgan fingerprint density at radius 3 is 2.80 bits per heavy atom. The molecule has 0 aliphatic carbocycles.